The highest BCUT2D eigenvalue weighted by Gasteiger charge is 2.39. The van der Waals surface area contributed by atoms with Gasteiger partial charge in [0.05, 0.1) is 6.04 Å². The Morgan fingerprint density at radius 3 is 2.73 bits per heavy atom. The topological polar surface area (TPSA) is 75.4 Å². The van der Waals surface area contributed by atoms with E-state index in [4.69, 9.17) is 5.73 Å². The Bertz CT molecular complexity index is 279. The molecule has 0 aromatic heterocycles. The highest BCUT2D eigenvalue weighted by atomic mass is 32.2. The molecule has 6 heteroatoms. The van der Waals surface area contributed by atoms with Crippen LogP contribution in [0, 0.1) is 0 Å². The van der Waals surface area contributed by atoms with E-state index < -0.39 is 5.91 Å². The van der Waals surface area contributed by atoms with Crippen molar-refractivity contribution in [3.63, 3.8) is 0 Å². The summed E-state index contributed by atoms with van der Waals surface area (Å²) < 4.78 is 0. The lowest BCUT2D eigenvalue weighted by Crippen LogP contribution is -2.62. The van der Waals surface area contributed by atoms with Crippen molar-refractivity contribution in [2.24, 2.45) is 5.73 Å². The molecule has 2 unspecified atom stereocenters. The summed E-state index contributed by atoms with van der Waals surface area (Å²) in [5, 5.41) is 3.16. The zero-order chi connectivity index (χ0) is 10.8. The third-order valence-corrected chi connectivity index (χ3v) is 3.91. The van der Waals surface area contributed by atoms with Crippen LogP contribution in [0.15, 0.2) is 0 Å². The molecule has 2 amide bonds. The number of carbonyl (C=O) groups is 2. The summed E-state index contributed by atoms with van der Waals surface area (Å²) in [6.45, 7) is 1.52. The number of primary amides is 1. The Hall–Kier alpha value is -0.750. The van der Waals surface area contributed by atoms with Crippen molar-refractivity contribution in [3.8, 4) is 0 Å². The lowest BCUT2D eigenvalue weighted by molar-refractivity contribution is -0.147. The number of thioether (sulfide) groups is 1. The molecule has 84 valence electrons. The summed E-state index contributed by atoms with van der Waals surface area (Å²) in [5.74, 6) is 1.47. The summed E-state index contributed by atoms with van der Waals surface area (Å²) >= 11 is 1.77. The molecule has 0 aromatic carbocycles. The van der Waals surface area contributed by atoms with E-state index in [2.05, 4.69) is 5.32 Å². The first-order valence-corrected chi connectivity index (χ1v) is 6.26. The van der Waals surface area contributed by atoms with Gasteiger partial charge in [-0.2, -0.15) is 11.8 Å². The minimum Gasteiger partial charge on any atom is -0.368 e. The van der Waals surface area contributed by atoms with E-state index >= 15 is 0 Å². The molecule has 5 nitrogen and oxygen atoms in total. The molecule has 0 radical (unpaired) electrons. The summed E-state index contributed by atoms with van der Waals surface area (Å²) in [6.07, 6.45) is 0.709. The van der Waals surface area contributed by atoms with Crippen LogP contribution in [0.4, 0.5) is 0 Å². The number of likely N-dealkylation sites (tertiary alicyclic amines) is 1. The van der Waals surface area contributed by atoms with Gasteiger partial charge in [0.1, 0.15) is 6.04 Å². The first kappa shape index (κ1) is 10.8. The van der Waals surface area contributed by atoms with Crippen molar-refractivity contribution in [1.82, 2.24) is 10.2 Å². The maximum Gasteiger partial charge on any atom is 0.241 e. The van der Waals surface area contributed by atoms with Crippen molar-refractivity contribution >= 4 is 23.6 Å². The number of hydrogen-bond donors (Lipinski definition) is 2. The molecule has 3 N–H and O–H groups in total. The quantitative estimate of drug-likeness (QED) is 0.622. The summed E-state index contributed by atoms with van der Waals surface area (Å²) in [6, 6.07) is -0.503. The number of nitrogens with zero attached hydrogens (tertiary/aromatic N) is 1. The Balaban J connectivity index is 1.92. The van der Waals surface area contributed by atoms with E-state index in [1.165, 1.54) is 0 Å². The maximum absolute atomic E-state index is 11.9. The lowest BCUT2D eigenvalue weighted by atomic mass is 10.0. The number of nitrogens with one attached hydrogen (secondary N) is 1. The van der Waals surface area contributed by atoms with Crippen molar-refractivity contribution < 1.29 is 9.59 Å². The molecule has 0 aliphatic carbocycles. The second kappa shape index (κ2) is 4.40. The lowest BCUT2D eigenvalue weighted by Gasteiger charge is -2.41. The van der Waals surface area contributed by atoms with Gasteiger partial charge in [0.25, 0.3) is 0 Å². The fourth-order valence-corrected chi connectivity index (χ4v) is 2.80. The molecule has 0 bridgehead atoms. The Kier molecular flexibility index (Phi) is 3.16. The van der Waals surface area contributed by atoms with Crippen molar-refractivity contribution in [2.75, 3.05) is 24.6 Å². The average molecular weight is 229 g/mol. The molecule has 2 aliphatic heterocycles. The van der Waals surface area contributed by atoms with Gasteiger partial charge in [0.2, 0.25) is 11.8 Å². The molecule has 0 saturated carbocycles. The normalized spacial score (nSPS) is 30.8. The van der Waals surface area contributed by atoms with E-state index in [0.717, 1.165) is 18.1 Å². The summed E-state index contributed by atoms with van der Waals surface area (Å²) in [5.41, 5.74) is 5.20. The van der Waals surface area contributed by atoms with Crippen LogP contribution in [0.3, 0.4) is 0 Å². The van der Waals surface area contributed by atoms with Crippen molar-refractivity contribution in [3.05, 3.63) is 0 Å². The van der Waals surface area contributed by atoms with Crippen molar-refractivity contribution in [1.29, 1.82) is 0 Å². The number of amides is 2. The second-order valence-electron chi connectivity index (χ2n) is 3.82. The van der Waals surface area contributed by atoms with Crippen LogP contribution in [0.1, 0.15) is 6.42 Å². The number of rotatable bonds is 2. The molecule has 15 heavy (non-hydrogen) atoms. The SMILES string of the molecule is NC(=O)C1CCN1C(=O)C1CSCCN1. The molecule has 2 aliphatic rings. The van der Waals surface area contributed by atoms with Crippen LogP contribution in [-0.4, -0.2) is 53.4 Å². The predicted molar refractivity (Wildman–Crippen MR) is 58.4 cm³/mol. The fourth-order valence-electron chi connectivity index (χ4n) is 1.87. The van der Waals surface area contributed by atoms with Gasteiger partial charge in [0.15, 0.2) is 0 Å². The van der Waals surface area contributed by atoms with Gasteiger partial charge in [-0.3, -0.25) is 9.59 Å². The van der Waals surface area contributed by atoms with Crippen molar-refractivity contribution in [2.45, 2.75) is 18.5 Å². The van der Waals surface area contributed by atoms with Gasteiger partial charge in [-0.25, -0.2) is 0 Å². The van der Waals surface area contributed by atoms with E-state index in [1.54, 1.807) is 16.7 Å². The fraction of sp³-hybridized carbons (Fsp3) is 0.778. The Labute approximate surface area is 92.7 Å². The highest BCUT2D eigenvalue weighted by molar-refractivity contribution is 7.99. The predicted octanol–water partition coefficient (Wildman–Crippen LogP) is -1.22. The third kappa shape index (κ3) is 2.10. The van der Waals surface area contributed by atoms with E-state index in [0.29, 0.717) is 13.0 Å². The monoisotopic (exact) mass is 229 g/mol. The maximum atomic E-state index is 11.9. The van der Waals surface area contributed by atoms with Gasteiger partial charge in [0, 0.05) is 24.6 Å². The summed E-state index contributed by atoms with van der Waals surface area (Å²) in [7, 11) is 0. The van der Waals surface area contributed by atoms with E-state index in [1.807, 2.05) is 0 Å². The minimum atomic E-state index is -0.391. The number of hydrogen-bond acceptors (Lipinski definition) is 4. The smallest absolute Gasteiger partial charge is 0.241 e. The molecule has 2 saturated heterocycles. The standard InChI is InChI=1S/C9H15N3O2S/c10-8(13)7-1-3-12(7)9(14)6-5-15-4-2-11-6/h6-7,11H,1-5H2,(H2,10,13). The minimum absolute atomic E-state index is 0.0252. The molecule has 2 rings (SSSR count). The van der Waals surface area contributed by atoms with Gasteiger partial charge in [-0.1, -0.05) is 0 Å². The van der Waals surface area contributed by atoms with Crippen LogP contribution in [0.5, 0.6) is 0 Å². The number of nitrogens with two attached hydrogens (primary N) is 1. The molecule has 2 atom stereocenters. The van der Waals surface area contributed by atoms with Crippen LogP contribution < -0.4 is 11.1 Å². The molecular weight excluding hydrogens is 214 g/mol. The zero-order valence-electron chi connectivity index (χ0n) is 8.44. The van der Waals surface area contributed by atoms with Crippen LogP contribution in [0.25, 0.3) is 0 Å². The molecule has 2 fully saturated rings. The van der Waals surface area contributed by atoms with E-state index in [9.17, 15) is 9.59 Å². The second-order valence-corrected chi connectivity index (χ2v) is 4.97. The first-order chi connectivity index (χ1) is 7.20. The van der Waals surface area contributed by atoms with Gasteiger partial charge in [-0.05, 0) is 6.42 Å². The molecule has 0 aromatic rings. The summed E-state index contributed by atoms with van der Waals surface area (Å²) in [4.78, 5) is 24.5. The molecular formula is C9H15N3O2S. The third-order valence-electron chi connectivity index (χ3n) is 2.85. The van der Waals surface area contributed by atoms with E-state index in [-0.39, 0.29) is 18.0 Å². The van der Waals surface area contributed by atoms with Crippen LogP contribution in [-0.2, 0) is 9.59 Å². The van der Waals surface area contributed by atoms with Gasteiger partial charge in [-0.15, -0.1) is 0 Å². The molecule has 0 spiro atoms. The largest absolute Gasteiger partial charge is 0.368 e. The average Bonchev–Trinajstić information content (AvgIpc) is 2.16. The highest BCUT2D eigenvalue weighted by Crippen LogP contribution is 2.20. The Morgan fingerprint density at radius 1 is 1.47 bits per heavy atom. The Morgan fingerprint density at radius 2 is 2.27 bits per heavy atom. The molecule has 2 heterocycles. The van der Waals surface area contributed by atoms with Crippen LogP contribution >= 0.6 is 11.8 Å². The zero-order valence-corrected chi connectivity index (χ0v) is 9.26. The number of carbonyl (C=O) groups excluding carboxylic acids is 2. The first-order valence-electron chi connectivity index (χ1n) is 5.11. The van der Waals surface area contributed by atoms with Crippen LogP contribution in [0.2, 0.25) is 0 Å². The van der Waals surface area contributed by atoms with Gasteiger partial charge < -0.3 is 16.0 Å². The van der Waals surface area contributed by atoms with Gasteiger partial charge >= 0.3 is 0 Å².